The Kier molecular flexibility index (Phi) is 6.02. The summed E-state index contributed by atoms with van der Waals surface area (Å²) in [4.78, 5) is 27.0. The number of hydrogen-bond acceptors (Lipinski definition) is 5. The van der Waals surface area contributed by atoms with Crippen molar-refractivity contribution in [3.05, 3.63) is 40.7 Å². The highest BCUT2D eigenvalue weighted by Gasteiger charge is 2.27. The van der Waals surface area contributed by atoms with Crippen LogP contribution in [0.4, 0.5) is 0 Å². The maximum absolute atomic E-state index is 12.8. The fourth-order valence-corrected chi connectivity index (χ4v) is 2.88. The van der Waals surface area contributed by atoms with Gasteiger partial charge in [-0.15, -0.1) is 0 Å². The predicted octanol–water partition coefficient (Wildman–Crippen LogP) is 2.29. The van der Waals surface area contributed by atoms with Gasteiger partial charge in [-0.3, -0.25) is 14.3 Å². The van der Waals surface area contributed by atoms with Crippen LogP contribution in [0, 0.1) is 13.8 Å². The zero-order valence-electron chi connectivity index (χ0n) is 16.1. The molecule has 0 bridgehead atoms. The van der Waals surface area contributed by atoms with Gasteiger partial charge in [0.05, 0.1) is 25.5 Å². The van der Waals surface area contributed by atoms with Gasteiger partial charge in [0.2, 0.25) is 0 Å². The van der Waals surface area contributed by atoms with Crippen molar-refractivity contribution in [3.8, 4) is 11.5 Å². The number of nitrogens with zero attached hydrogens (tertiary/aromatic N) is 3. The summed E-state index contributed by atoms with van der Waals surface area (Å²) in [5.41, 5.74) is 2.47. The van der Waals surface area contributed by atoms with Gasteiger partial charge in [-0.1, -0.05) is 6.07 Å². The smallest absolute Gasteiger partial charge is 0.295 e. The van der Waals surface area contributed by atoms with E-state index in [0.717, 1.165) is 5.56 Å². The Bertz CT molecular complexity index is 826. The van der Waals surface area contributed by atoms with Gasteiger partial charge in [0.1, 0.15) is 0 Å². The van der Waals surface area contributed by atoms with Crippen molar-refractivity contribution in [3.63, 3.8) is 0 Å². The molecule has 0 saturated carbocycles. The quantitative estimate of drug-likeness (QED) is 0.560. The summed E-state index contributed by atoms with van der Waals surface area (Å²) in [5, 5.41) is 4.22. The minimum atomic E-state index is -0.540. The van der Waals surface area contributed by atoms with Crippen molar-refractivity contribution in [1.29, 1.82) is 0 Å². The number of rotatable bonds is 7. The van der Waals surface area contributed by atoms with E-state index in [2.05, 4.69) is 5.10 Å². The number of carbonyl (C=O) groups is 2. The van der Waals surface area contributed by atoms with Crippen LogP contribution in [0.1, 0.15) is 34.2 Å². The summed E-state index contributed by atoms with van der Waals surface area (Å²) in [7, 11) is 4.88. The molecule has 0 N–H and O–H groups in total. The lowest BCUT2D eigenvalue weighted by Gasteiger charge is -2.21. The summed E-state index contributed by atoms with van der Waals surface area (Å²) in [6, 6.07) is 5.44. The number of carbonyl (C=O) groups excluding carboxylic acids is 2. The van der Waals surface area contributed by atoms with Gasteiger partial charge in [-0.25, -0.2) is 0 Å². The SMILES string of the molecule is CCN(Cc1ccc(OC)c(OC)c1)C(=O)C(=O)c1c(C)nn(C)c1C. The van der Waals surface area contributed by atoms with Crippen LogP contribution in [0.25, 0.3) is 0 Å². The van der Waals surface area contributed by atoms with E-state index < -0.39 is 11.7 Å². The maximum Gasteiger partial charge on any atom is 0.295 e. The molecule has 0 unspecified atom stereocenters. The second kappa shape index (κ2) is 8.03. The zero-order valence-corrected chi connectivity index (χ0v) is 16.1. The third-order valence-corrected chi connectivity index (χ3v) is 4.42. The second-order valence-electron chi connectivity index (χ2n) is 6.01. The lowest BCUT2D eigenvalue weighted by atomic mass is 10.1. The molecule has 2 rings (SSSR count). The highest BCUT2D eigenvalue weighted by atomic mass is 16.5. The molecule has 26 heavy (non-hydrogen) atoms. The topological polar surface area (TPSA) is 73.7 Å². The molecule has 0 atom stereocenters. The molecule has 7 nitrogen and oxygen atoms in total. The molecule has 7 heteroatoms. The number of ether oxygens (including phenoxy) is 2. The highest BCUT2D eigenvalue weighted by Crippen LogP contribution is 2.28. The van der Waals surface area contributed by atoms with Crippen molar-refractivity contribution in [2.75, 3.05) is 20.8 Å². The third-order valence-electron chi connectivity index (χ3n) is 4.42. The zero-order chi connectivity index (χ0) is 19.4. The minimum absolute atomic E-state index is 0.305. The molecule has 0 aliphatic heterocycles. The minimum Gasteiger partial charge on any atom is -0.493 e. The van der Waals surface area contributed by atoms with E-state index in [0.29, 0.717) is 41.5 Å². The molecule has 0 aliphatic rings. The molecular formula is C19H25N3O4. The fraction of sp³-hybridized carbons (Fsp3) is 0.421. The summed E-state index contributed by atoms with van der Waals surface area (Å²) >= 11 is 0. The molecule has 0 saturated heterocycles. The van der Waals surface area contributed by atoms with Gasteiger partial charge >= 0.3 is 0 Å². The van der Waals surface area contributed by atoms with E-state index in [-0.39, 0.29) is 0 Å². The summed E-state index contributed by atoms with van der Waals surface area (Å²) in [5.74, 6) is 0.124. The van der Waals surface area contributed by atoms with Gasteiger partial charge in [-0.05, 0) is 38.5 Å². The monoisotopic (exact) mass is 359 g/mol. The lowest BCUT2D eigenvalue weighted by molar-refractivity contribution is -0.126. The van der Waals surface area contributed by atoms with E-state index in [1.165, 1.54) is 4.90 Å². The first-order valence-corrected chi connectivity index (χ1v) is 8.38. The number of benzene rings is 1. The first kappa shape index (κ1) is 19.5. The molecule has 1 aromatic carbocycles. The number of Topliss-reactive ketones (excluding diaryl/α,β-unsaturated/α-hetero) is 1. The Balaban J connectivity index is 2.25. The number of methoxy groups -OCH3 is 2. The molecule has 1 heterocycles. The Morgan fingerprint density at radius 1 is 1.15 bits per heavy atom. The van der Waals surface area contributed by atoms with Crippen LogP contribution in [0.5, 0.6) is 11.5 Å². The van der Waals surface area contributed by atoms with Gasteiger partial charge in [0, 0.05) is 25.8 Å². The van der Waals surface area contributed by atoms with Crippen LogP contribution >= 0.6 is 0 Å². The van der Waals surface area contributed by atoms with Crippen LogP contribution in [0.2, 0.25) is 0 Å². The van der Waals surface area contributed by atoms with E-state index >= 15 is 0 Å². The van der Waals surface area contributed by atoms with E-state index in [4.69, 9.17) is 9.47 Å². The maximum atomic E-state index is 12.8. The van der Waals surface area contributed by atoms with Crippen molar-refractivity contribution in [1.82, 2.24) is 14.7 Å². The molecular weight excluding hydrogens is 334 g/mol. The normalized spacial score (nSPS) is 10.5. The van der Waals surface area contributed by atoms with Crippen LogP contribution in [-0.2, 0) is 18.4 Å². The molecule has 1 aromatic heterocycles. The number of likely N-dealkylation sites (N-methyl/N-ethyl adjacent to an activating group) is 1. The van der Waals surface area contributed by atoms with Gasteiger partial charge in [-0.2, -0.15) is 5.10 Å². The molecule has 2 aromatic rings. The second-order valence-corrected chi connectivity index (χ2v) is 6.01. The Morgan fingerprint density at radius 2 is 1.81 bits per heavy atom. The van der Waals surface area contributed by atoms with Crippen molar-refractivity contribution in [2.24, 2.45) is 7.05 Å². The van der Waals surface area contributed by atoms with Gasteiger partial charge in [0.25, 0.3) is 11.7 Å². The van der Waals surface area contributed by atoms with Crippen LogP contribution in [0.15, 0.2) is 18.2 Å². The average Bonchev–Trinajstić information content (AvgIpc) is 2.90. The first-order chi connectivity index (χ1) is 12.3. The molecule has 0 radical (unpaired) electrons. The van der Waals surface area contributed by atoms with Gasteiger partial charge < -0.3 is 14.4 Å². The Morgan fingerprint density at radius 3 is 2.31 bits per heavy atom. The standard InChI is InChI=1S/C19H25N3O4/c1-7-22(11-14-8-9-15(25-5)16(10-14)26-6)19(24)18(23)17-12(2)20-21(4)13(17)3/h8-10H,7,11H2,1-6H3. The highest BCUT2D eigenvalue weighted by molar-refractivity contribution is 6.43. The fourth-order valence-electron chi connectivity index (χ4n) is 2.88. The third kappa shape index (κ3) is 3.71. The first-order valence-electron chi connectivity index (χ1n) is 8.38. The summed E-state index contributed by atoms with van der Waals surface area (Å²) in [6.45, 7) is 6.08. The summed E-state index contributed by atoms with van der Waals surface area (Å²) < 4.78 is 12.1. The summed E-state index contributed by atoms with van der Waals surface area (Å²) in [6.07, 6.45) is 0. The van der Waals surface area contributed by atoms with Crippen LogP contribution in [0.3, 0.4) is 0 Å². The molecule has 0 aliphatic carbocycles. The number of aromatic nitrogens is 2. The van der Waals surface area contributed by atoms with E-state index in [9.17, 15) is 9.59 Å². The number of hydrogen-bond donors (Lipinski definition) is 0. The number of amides is 1. The van der Waals surface area contributed by atoms with Gasteiger partial charge in [0.15, 0.2) is 11.5 Å². The largest absolute Gasteiger partial charge is 0.493 e. The molecule has 0 fully saturated rings. The average molecular weight is 359 g/mol. The Labute approximate surface area is 153 Å². The van der Waals surface area contributed by atoms with E-state index in [1.807, 2.05) is 13.0 Å². The number of ketones is 1. The van der Waals surface area contributed by atoms with Crippen LogP contribution in [-0.4, -0.2) is 47.1 Å². The predicted molar refractivity (Wildman–Crippen MR) is 97.6 cm³/mol. The van der Waals surface area contributed by atoms with Crippen molar-refractivity contribution >= 4 is 11.7 Å². The van der Waals surface area contributed by atoms with E-state index in [1.54, 1.807) is 51.9 Å². The van der Waals surface area contributed by atoms with Crippen molar-refractivity contribution < 1.29 is 19.1 Å². The molecule has 140 valence electrons. The van der Waals surface area contributed by atoms with Crippen molar-refractivity contribution in [2.45, 2.75) is 27.3 Å². The lowest BCUT2D eigenvalue weighted by Crippen LogP contribution is -2.36. The Hall–Kier alpha value is -2.83. The molecule has 0 spiro atoms. The molecule has 1 amide bonds. The number of aryl methyl sites for hydroxylation is 2. The van der Waals surface area contributed by atoms with Crippen LogP contribution < -0.4 is 9.47 Å².